The van der Waals surface area contributed by atoms with Crippen molar-refractivity contribution in [3.63, 3.8) is 0 Å². The highest BCUT2D eigenvalue weighted by Crippen LogP contribution is 2.24. The third-order valence-corrected chi connectivity index (χ3v) is 5.20. The van der Waals surface area contributed by atoms with Crippen molar-refractivity contribution in [3.05, 3.63) is 63.7 Å². The molecule has 0 saturated carbocycles. The smallest absolute Gasteiger partial charge is 0.262 e. The van der Waals surface area contributed by atoms with E-state index in [9.17, 15) is 14.0 Å². The van der Waals surface area contributed by atoms with Gasteiger partial charge in [0.15, 0.2) is 5.16 Å². The summed E-state index contributed by atoms with van der Waals surface area (Å²) >= 11 is 7.12. The van der Waals surface area contributed by atoms with E-state index in [1.54, 1.807) is 22.8 Å². The van der Waals surface area contributed by atoms with Crippen molar-refractivity contribution in [1.82, 2.24) is 9.55 Å². The summed E-state index contributed by atoms with van der Waals surface area (Å²) in [5, 5.41) is 3.81. The zero-order valence-electron chi connectivity index (χ0n) is 15.4. The Hall–Kier alpha value is -2.38. The Morgan fingerprint density at radius 3 is 2.75 bits per heavy atom. The number of nitrogens with one attached hydrogen (secondary N) is 1. The molecule has 0 unspecified atom stereocenters. The molecule has 0 saturated heterocycles. The van der Waals surface area contributed by atoms with Crippen LogP contribution in [0.5, 0.6) is 0 Å². The molecule has 0 aliphatic carbocycles. The summed E-state index contributed by atoms with van der Waals surface area (Å²) in [6.07, 6.45) is 0. The van der Waals surface area contributed by atoms with Crippen LogP contribution in [0.2, 0.25) is 5.02 Å². The van der Waals surface area contributed by atoms with Crippen LogP contribution in [0.25, 0.3) is 10.9 Å². The van der Waals surface area contributed by atoms with Crippen LogP contribution in [0, 0.1) is 11.7 Å². The monoisotopic (exact) mass is 419 g/mol. The Kier molecular flexibility index (Phi) is 6.36. The van der Waals surface area contributed by atoms with Crippen LogP contribution in [0.3, 0.4) is 0 Å². The first-order chi connectivity index (χ1) is 13.3. The molecule has 0 radical (unpaired) electrons. The van der Waals surface area contributed by atoms with Gasteiger partial charge in [0.05, 0.1) is 27.4 Å². The topological polar surface area (TPSA) is 64.0 Å². The van der Waals surface area contributed by atoms with Gasteiger partial charge in [-0.1, -0.05) is 49.3 Å². The molecule has 1 N–H and O–H groups in total. The standard InChI is InChI=1S/C20H19ClFN3O2S/c1-12(2)10-25-19(27)14-5-3-4-6-16(14)24-20(25)28-11-18(26)23-17-8-7-13(22)9-15(17)21/h3-9,12H,10-11H2,1-2H3,(H,23,26). The molecule has 0 spiro atoms. The van der Waals surface area contributed by atoms with Crippen molar-refractivity contribution < 1.29 is 9.18 Å². The normalized spacial score (nSPS) is 11.2. The lowest BCUT2D eigenvalue weighted by Gasteiger charge is -2.15. The average Bonchev–Trinajstić information content (AvgIpc) is 2.65. The van der Waals surface area contributed by atoms with Gasteiger partial charge in [-0.25, -0.2) is 9.37 Å². The van der Waals surface area contributed by atoms with Crippen LogP contribution in [0.15, 0.2) is 52.4 Å². The number of halogens is 2. The van der Waals surface area contributed by atoms with E-state index in [4.69, 9.17) is 11.6 Å². The summed E-state index contributed by atoms with van der Waals surface area (Å²) in [4.78, 5) is 29.7. The maximum absolute atomic E-state index is 13.1. The van der Waals surface area contributed by atoms with Crippen molar-refractivity contribution in [3.8, 4) is 0 Å². The summed E-state index contributed by atoms with van der Waals surface area (Å²) in [6, 6.07) is 10.9. The number of anilines is 1. The van der Waals surface area contributed by atoms with E-state index >= 15 is 0 Å². The minimum atomic E-state index is -0.476. The summed E-state index contributed by atoms with van der Waals surface area (Å²) in [5.74, 6) is -0.518. The van der Waals surface area contributed by atoms with E-state index in [-0.39, 0.29) is 28.2 Å². The first-order valence-corrected chi connectivity index (χ1v) is 10.1. The van der Waals surface area contributed by atoms with Gasteiger partial charge in [0.1, 0.15) is 5.82 Å². The molecule has 2 aromatic carbocycles. The first-order valence-electron chi connectivity index (χ1n) is 8.72. The predicted molar refractivity (Wildman–Crippen MR) is 112 cm³/mol. The minimum Gasteiger partial charge on any atom is -0.324 e. The number of rotatable bonds is 6. The van der Waals surface area contributed by atoms with Gasteiger partial charge in [-0.2, -0.15) is 0 Å². The van der Waals surface area contributed by atoms with Crippen molar-refractivity contribution in [2.24, 2.45) is 5.92 Å². The molecule has 5 nitrogen and oxygen atoms in total. The summed E-state index contributed by atoms with van der Waals surface area (Å²) < 4.78 is 14.7. The molecule has 0 aliphatic rings. The molecular formula is C20H19ClFN3O2S. The van der Waals surface area contributed by atoms with Gasteiger partial charge in [-0.05, 0) is 36.2 Å². The minimum absolute atomic E-state index is 0.0383. The van der Waals surface area contributed by atoms with Crippen molar-refractivity contribution in [2.75, 3.05) is 11.1 Å². The molecule has 0 fully saturated rings. The van der Waals surface area contributed by atoms with Crippen molar-refractivity contribution >= 4 is 45.9 Å². The Bertz CT molecular complexity index is 1080. The van der Waals surface area contributed by atoms with Gasteiger partial charge in [0.25, 0.3) is 5.56 Å². The second-order valence-corrected chi connectivity index (χ2v) is 8.03. The molecular weight excluding hydrogens is 401 g/mol. The third kappa shape index (κ3) is 4.72. The van der Waals surface area contributed by atoms with E-state index in [1.165, 1.54) is 23.9 Å². The van der Waals surface area contributed by atoms with Gasteiger partial charge >= 0.3 is 0 Å². The molecule has 146 valence electrons. The summed E-state index contributed by atoms with van der Waals surface area (Å²) in [7, 11) is 0. The fraction of sp³-hybridized carbons (Fsp3) is 0.250. The lowest BCUT2D eigenvalue weighted by atomic mass is 10.2. The number of nitrogens with zero attached hydrogens (tertiary/aromatic N) is 2. The molecule has 3 rings (SSSR count). The van der Waals surface area contributed by atoms with Crippen molar-refractivity contribution in [1.29, 1.82) is 0 Å². The molecule has 28 heavy (non-hydrogen) atoms. The number of thioether (sulfide) groups is 1. The molecule has 0 atom stereocenters. The van der Waals surface area contributed by atoms with Crippen LogP contribution >= 0.6 is 23.4 Å². The Labute approximate surface area is 170 Å². The van der Waals surface area contributed by atoms with E-state index in [0.29, 0.717) is 28.3 Å². The van der Waals surface area contributed by atoms with Crippen LogP contribution in [0.4, 0.5) is 10.1 Å². The van der Waals surface area contributed by atoms with E-state index < -0.39 is 5.82 Å². The van der Waals surface area contributed by atoms with Gasteiger partial charge in [0.2, 0.25) is 5.91 Å². The lowest BCUT2D eigenvalue weighted by molar-refractivity contribution is -0.113. The third-order valence-electron chi connectivity index (χ3n) is 3.91. The fourth-order valence-electron chi connectivity index (χ4n) is 2.69. The number of para-hydroxylation sites is 1. The zero-order chi connectivity index (χ0) is 20.3. The maximum atomic E-state index is 13.1. The number of carbonyl (C=O) groups is 1. The average molecular weight is 420 g/mol. The van der Waals surface area contributed by atoms with E-state index in [1.807, 2.05) is 19.9 Å². The Balaban J connectivity index is 1.82. The largest absolute Gasteiger partial charge is 0.324 e. The molecule has 1 aromatic heterocycles. The van der Waals surface area contributed by atoms with Gasteiger partial charge < -0.3 is 5.32 Å². The number of fused-ring (bicyclic) bond motifs is 1. The number of hydrogen-bond donors (Lipinski definition) is 1. The van der Waals surface area contributed by atoms with Gasteiger partial charge in [-0.15, -0.1) is 0 Å². The summed E-state index contributed by atoms with van der Waals surface area (Å²) in [6.45, 7) is 4.53. The van der Waals surface area contributed by atoms with Crippen LogP contribution in [-0.2, 0) is 11.3 Å². The first kappa shape index (κ1) is 20.4. The maximum Gasteiger partial charge on any atom is 0.262 e. The number of amides is 1. The van der Waals surface area contributed by atoms with Gasteiger partial charge in [-0.3, -0.25) is 14.2 Å². The molecule has 0 bridgehead atoms. The molecule has 3 aromatic rings. The number of benzene rings is 2. The molecule has 0 aliphatic heterocycles. The van der Waals surface area contributed by atoms with E-state index in [0.717, 1.165) is 6.07 Å². The second-order valence-electron chi connectivity index (χ2n) is 6.68. The molecule has 8 heteroatoms. The van der Waals surface area contributed by atoms with Crippen LogP contribution in [0.1, 0.15) is 13.8 Å². The quantitative estimate of drug-likeness (QED) is 0.469. The summed E-state index contributed by atoms with van der Waals surface area (Å²) in [5.41, 5.74) is 0.806. The number of hydrogen-bond acceptors (Lipinski definition) is 4. The number of carbonyl (C=O) groups excluding carboxylic acids is 1. The second kappa shape index (κ2) is 8.75. The lowest BCUT2D eigenvalue weighted by Crippen LogP contribution is -2.26. The van der Waals surface area contributed by atoms with Crippen molar-refractivity contribution in [2.45, 2.75) is 25.5 Å². The molecule has 1 amide bonds. The van der Waals surface area contributed by atoms with Gasteiger partial charge in [0, 0.05) is 6.54 Å². The zero-order valence-corrected chi connectivity index (χ0v) is 17.0. The predicted octanol–water partition coefficient (Wildman–Crippen LogP) is 4.58. The highest BCUT2D eigenvalue weighted by Gasteiger charge is 2.15. The Morgan fingerprint density at radius 2 is 2.04 bits per heavy atom. The Morgan fingerprint density at radius 1 is 1.29 bits per heavy atom. The molecule has 1 heterocycles. The van der Waals surface area contributed by atoms with Crippen LogP contribution in [-0.4, -0.2) is 21.2 Å². The number of aromatic nitrogens is 2. The SMILES string of the molecule is CC(C)Cn1c(SCC(=O)Nc2ccc(F)cc2Cl)nc2ccccc2c1=O. The van der Waals surface area contributed by atoms with E-state index in [2.05, 4.69) is 10.3 Å². The fourth-order valence-corrected chi connectivity index (χ4v) is 3.71. The highest BCUT2D eigenvalue weighted by molar-refractivity contribution is 7.99. The highest BCUT2D eigenvalue weighted by atomic mass is 35.5. The van der Waals surface area contributed by atoms with Crippen LogP contribution < -0.4 is 10.9 Å².